The van der Waals surface area contributed by atoms with Gasteiger partial charge in [0.05, 0.1) is 7.11 Å². The number of ether oxygens (including phenoxy) is 1. The molecule has 0 atom stereocenters. The van der Waals surface area contributed by atoms with E-state index in [0.29, 0.717) is 12.3 Å². The van der Waals surface area contributed by atoms with Crippen molar-refractivity contribution in [3.8, 4) is 11.5 Å². The molecule has 5 nitrogen and oxygen atoms in total. The Morgan fingerprint density at radius 2 is 2.00 bits per heavy atom. The van der Waals surface area contributed by atoms with Crippen molar-refractivity contribution >= 4 is 29.9 Å². The molecule has 0 saturated carbocycles. The van der Waals surface area contributed by atoms with Gasteiger partial charge in [-0.3, -0.25) is 4.99 Å². The summed E-state index contributed by atoms with van der Waals surface area (Å²) >= 11 is 0. The number of aliphatic imine (C=N–C) groups is 1. The number of halogens is 1. The summed E-state index contributed by atoms with van der Waals surface area (Å²) in [4.78, 5) is 7.13. The predicted molar refractivity (Wildman–Crippen MR) is 120 cm³/mol. The summed E-state index contributed by atoms with van der Waals surface area (Å²) in [5, 5.41) is 13.1. The lowest BCUT2D eigenvalue weighted by atomic mass is 10.0. The normalized spacial score (nSPS) is 13.6. The number of rotatable bonds is 5. The number of hydrogen-bond donors (Lipinski definition) is 2. The van der Waals surface area contributed by atoms with Gasteiger partial charge in [-0.15, -0.1) is 24.0 Å². The van der Waals surface area contributed by atoms with Gasteiger partial charge in [-0.05, 0) is 48.6 Å². The Labute approximate surface area is 178 Å². The third kappa shape index (κ3) is 5.51. The Kier molecular flexibility index (Phi) is 8.22. The smallest absolute Gasteiger partial charge is 0.194 e. The molecule has 0 aliphatic carbocycles. The van der Waals surface area contributed by atoms with Crippen molar-refractivity contribution in [2.75, 3.05) is 26.7 Å². The van der Waals surface area contributed by atoms with Crippen LogP contribution in [0.5, 0.6) is 11.5 Å². The number of hydrogen-bond acceptors (Lipinski definition) is 3. The quantitative estimate of drug-likeness (QED) is 0.390. The monoisotopic (exact) mass is 481 g/mol. The lowest BCUT2D eigenvalue weighted by Crippen LogP contribution is -2.44. The first-order valence-electron chi connectivity index (χ1n) is 9.17. The highest BCUT2D eigenvalue weighted by atomic mass is 127. The van der Waals surface area contributed by atoms with Crippen molar-refractivity contribution in [1.29, 1.82) is 0 Å². The van der Waals surface area contributed by atoms with E-state index in [2.05, 4.69) is 41.4 Å². The van der Waals surface area contributed by atoms with Crippen molar-refractivity contribution in [2.45, 2.75) is 26.3 Å². The summed E-state index contributed by atoms with van der Waals surface area (Å²) in [6, 6.07) is 14.1. The van der Waals surface area contributed by atoms with E-state index in [1.807, 2.05) is 12.1 Å². The lowest BCUT2D eigenvalue weighted by molar-refractivity contribution is 0.373. The van der Waals surface area contributed by atoms with Gasteiger partial charge in [0, 0.05) is 26.2 Å². The summed E-state index contributed by atoms with van der Waals surface area (Å²) in [5.41, 5.74) is 3.92. The highest BCUT2D eigenvalue weighted by Gasteiger charge is 2.18. The van der Waals surface area contributed by atoms with E-state index in [1.54, 1.807) is 13.2 Å². The molecule has 146 valence electrons. The minimum absolute atomic E-state index is 0. The largest absolute Gasteiger partial charge is 0.504 e. The average Bonchev–Trinajstić information content (AvgIpc) is 2.68. The Bertz CT molecular complexity index is 780. The molecule has 0 amide bonds. The Morgan fingerprint density at radius 1 is 1.22 bits per heavy atom. The molecule has 0 spiro atoms. The molecule has 0 bridgehead atoms. The van der Waals surface area contributed by atoms with E-state index in [9.17, 15) is 5.11 Å². The van der Waals surface area contributed by atoms with Gasteiger partial charge in [-0.25, -0.2) is 0 Å². The van der Waals surface area contributed by atoms with Crippen molar-refractivity contribution < 1.29 is 9.84 Å². The fourth-order valence-corrected chi connectivity index (χ4v) is 3.27. The SMILES string of the molecule is CCNC(=NCCc1ccc(O)c(OC)c1)N1CCc2ccccc2C1.I. The zero-order chi connectivity index (χ0) is 18.4. The number of fused-ring (bicyclic) bond motifs is 1. The van der Waals surface area contributed by atoms with E-state index in [4.69, 9.17) is 9.73 Å². The summed E-state index contributed by atoms with van der Waals surface area (Å²) in [6.45, 7) is 5.52. The van der Waals surface area contributed by atoms with E-state index in [0.717, 1.165) is 44.0 Å². The second-order valence-corrected chi connectivity index (χ2v) is 6.43. The van der Waals surface area contributed by atoms with Gasteiger partial charge in [0.25, 0.3) is 0 Å². The van der Waals surface area contributed by atoms with Crippen LogP contribution in [0.4, 0.5) is 0 Å². The molecule has 6 heteroatoms. The summed E-state index contributed by atoms with van der Waals surface area (Å²) < 4.78 is 5.17. The van der Waals surface area contributed by atoms with Gasteiger partial charge >= 0.3 is 0 Å². The van der Waals surface area contributed by atoms with Crippen LogP contribution >= 0.6 is 24.0 Å². The number of benzene rings is 2. The minimum Gasteiger partial charge on any atom is -0.504 e. The van der Waals surface area contributed by atoms with Crippen LogP contribution in [0.3, 0.4) is 0 Å². The van der Waals surface area contributed by atoms with Crippen LogP contribution in [0, 0.1) is 0 Å². The van der Waals surface area contributed by atoms with Crippen LogP contribution < -0.4 is 10.1 Å². The van der Waals surface area contributed by atoms with Crippen LogP contribution in [0.1, 0.15) is 23.6 Å². The van der Waals surface area contributed by atoms with Gasteiger partial charge < -0.3 is 20.1 Å². The van der Waals surface area contributed by atoms with E-state index in [-0.39, 0.29) is 29.7 Å². The van der Waals surface area contributed by atoms with Crippen molar-refractivity contribution in [1.82, 2.24) is 10.2 Å². The number of methoxy groups -OCH3 is 1. The number of nitrogens with zero attached hydrogens (tertiary/aromatic N) is 2. The fraction of sp³-hybridized carbons (Fsp3) is 0.381. The highest BCUT2D eigenvalue weighted by Crippen LogP contribution is 2.26. The molecule has 0 aromatic heterocycles. The lowest BCUT2D eigenvalue weighted by Gasteiger charge is -2.31. The maximum Gasteiger partial charge on any atom is 0.194 e. The van der Waals surface area contributed by atoms with Gasteiger partial charge in [0.15, 0.2) is 17.5 Å². The molecule has 2 aromatic rings. The first kappa shape index (κ1) is 21.3. The first-order valence-corrected chi connectivity index (χ1v) is 9.17. The van der Waals surface area contributed by atoms with Gasteiger partial charge in [0.1, 0.15) is 0 Å². The van der Waals surface area contributed by atoms with Gasteiger partial charge in [0.2, 0.25) is 0 Å². The molecule has 1 aliphatic heterocycles. The van der Waals surface area contributed by atoms with Gasteiger partial charge in [-0.1, -0.05) is 30.3 Å². The molecular formula is C21H28IN3O2. The molecule has 1 aliphatic rings. The first-order chi connectivity index (χ1) is 12.7. The number of guanidine groups is 1. The maximum absolute atomic E-state index is 9.70. The summed E-state index contributed by atoms with van der Waals surface area (Å²) in [6.07, 6.45) is 1.85. The molecule has 0 fully saturated rings. The Balaban J connectivity index is 0.00000261. The number of phenols is 1. The van der Waals surface area contributed by atoms with E-state index in [1.165, 1.54) is 11.1 Å². The van der Waals surface area contributed by atoms with Crippen LogP contribution in [-0.2, 0) is 19.4 Å². The molecule has 0 unspecified atom stereocenters. The van der Waals surface area contributed by atoms with Crippen molar-refractivity contribution in [2.24, 2.45) is 4.99 Å². The molecule has 27 heavy (non-hydrogen) atoms. The third-order valence-electron chi connectivity index (χ3n) is 4.67. The van der Waals surface area contributed by atoms with Crippen LogP contribution in [0.2, 0.25) is 0 Å². The second kappa shape index (κ2) is 10.4. The fourth-order valence-electron chi connectivity index (χ4n) is 3.27. The maximum atomic E-state index is 9.70. The molecule has 0 saturated heterocycles. The highest BCUT2D eigenvalue weighted by molar-refractivity contribution is 14.0. The second-order valence-electron chi connectivity index (χ2n) is 6.43. The van der Waals surface area contributed by atoms with E-state index < -0.39 is 0 Å². The third-order valence-corrected chi connectivity index (χ3v) is 4.67. The molecule has 0 radical (unpaired) electrons. The average molecular weight is 481 g/mol. The van der Waals surface area contributed by atoms with Crippen molar-refractivity contribution in [3.05, 3.63) is 59.2 Å². The molecule has 2 aromatic carbocycles. The Hall–Kier alpha value is -1.96. The zero-order valence-corrected chi connectivity index (χ0v) is 18.3. The van der Waals surface area contributed by atoms with Crippen LogP contribution in [0.15, 0.2) is 47.5 Å². The number of phenolic OH excluding ortho intramolecular Hbond substituents is 1. The standard InChI is InChI=1S/C21H27N3O2.HI/c1-3-22-21(24-13-11-17-6-4-5-7-18(17)15-24)23-12-10-16-8-9-19(25)20(14-16)26-2;/h4-9,14,25H,3,10-13,15H2,1-2H3,(H,22,23);1H. The molecular weight excluding hydrogens is 453 g/mol. The Morgan fingerprint density at radius 3 is 2.74 bits per heavy atom. The number of aromatic hydroxyl groups is 1. The summed E-state index contributed by atoms with van der Waals surface area (Å²) in [5.74, 6) is 1.64. The minimum atomic E-state index is 0. The van der Waals surface area contributed by atoms with E-state index >= 15 is 0 Å². The summed E-state index contributed by atoms with van der Waals surface area (Å²) in [7, 11) is 1.56. The molecule has 2 N–H and O–H groups in total. The zero-order valence-electron chi connectivity index (χ0n) is 15.9. The van der Waals surface area contributed by atoms with Gasteiger partial charge in [-0.2, -0.15) is 0 Å². The van der Waals surface area contributed by atoms with Crippen molar-refractivity contribution in [3.63, 3.8) is 0 Å². The number of nitrogens with one attached hydrogen (secondary N) is 1. The van der Waals surface area contributed by atoms with Crippen LogP contribution in [-0.4, -0.2) is 42.7 Å². The predicted octanol–water partition coefficient (Wildman–Crippen LogP) is 3.59. The van der Waals surface area contributed by atoms with Crippen LogP contribution in [0.25, 0.3) is 0 Å². The topological polar surface area (TPSA) is 57.1 Å². The molecule has 1 heterocycles. The molecule has 3 rings (SSSR count).